The SMILES string of the molecule is CN=C(NCc1ccc(S(=O)(=O)N(C)C(C)C)cc1)NCc1ccc(OC)cc1OC.I. The van der Waals surface area contributed by atoms with Gasteiger partial charge in [0.05, 0.1) is 19.1 Å². The lowest BCUT2D eigenvalue weighted by Crippen LogP contribution is -2.36. The highest BCUT2D eigenvalue weighted by atomic mass is 127. The first-order chi connectivity index (χ1) is 14.7. The second-order valence-corrected chi connectivity index (χ2v) is 9.21. The van der Waals surface area contributed by atoms with E-state index >= 15 is 0 Å². The minimum absolute atomic E-state index is 0. The fourth-order valence-corrected chi connectivity index (χ4v) is 4.17. The number of methoxy groups -OCH3 is 2. The molecule has 0 atom stereocenters. The van der Waals surface area contributed by atoms with Gasteiger partial charge in [-0.05, 0) is 43.7 Å². The Morgan fingerprint density at radius 2 is 1.66 bits per heavy atom. The zero-order valence-corrected chi connectivity index (χ0v) is 22.5. The van der Waals surface area contributed by atoms with Gasteiger partial charge >= 0.3 is 0 Å². The molecule has 178 valence electrons. The normalized spacial score (nSPS) is 11.8. The standard InChI is InChI=1S/C22H32N4O4S.HI/c1-16(2)26(4)31(27,28)20-11-7-17(8-12-20)14-24-22(23-3)25-15-18-9-10-19(29-5)13-21(18)30-6;/h7-13,16H,14-15H2,1-6H3,(H2,23,24,25);1H. The van der Waals surface area contributed by atoms with Gasteiger partial charge in [0.1, 0.15) is 11.5 Å². The summed E-state index contributed by atoms with van der Waals surface area (Å²) in [7, 11) is 3.03. The molecule has 0 bridgehead atoms. The van der Waals surface area contributed by atoms with Crippen LogP contribution in [0.15, 0.2) is 52.4 Å². The topological polar surface area (TPSA) is 92.3 Å². The van der Waals surface area contributed by atoms with Gasteiger partial charge in [0, 0.05) is 44.9 Å². The van der Waals surface area contributed by atoms with E-state index in [4.69, 9.17) is 9.47 Å². The Hall–Kier alpha value is -2.05. The van der Waals surface area contributed by atoms with Crippen molar-refractivity contribution in [1.29, 1.82) is 0 Å². The van der Waals surface area contributed by atoms with Gasteiger partial charge in [0.2, 0.25) is 10.0 Å². The van der Waals surface area contributed by atoms with Gasteiger partial charge in [-0.3, -0.25) is 4.99 Å². The van der Waals surface area contributed by atoms with E-state index in [9.17, 15) is 8.42 Å². The van der Waals surface area contributed by atoms with Gasteiger partial charge < -0.3 is 20.1 Å². The molecule has 2 aromatic rings. The lowest BCUT2D eigenvalue weighted by atomic mass is 10.2. The van der Waals surface area contributed by atoms with E-state index in [1.807, 2.05) is 32.0 Å². The molecule has 0 aliphatic carbocycles. The van der Waals surface area contributed by atoms with Crippen LogP contribution in [0.1, 0.15) is 25.0 Å². The van der Waals surface area contributed by atoms with Gasteiger partial charge in [0.15, 0.2) is 5.96 Å². The van der Waals surface area contributed by atoms with Gasteiger partial charge in [0.25, 0.3) is 0 Å². The van der Waals surface area contributed by atoms with Crippen molar-refractivity contribution >= 4 is 40.0 Å². The maximum absolute atomic E-state index is 12.6. The van der Waals surface area contributed by atoms with E-state index in [0.717, 1.165) is 22.6 Å². The van der Waals surface area contributed by atoms with Gasteiger partial charge in [-0.25, -0.2) is 8.42 Å². The van der Waals surface area contributed by atoms with E-state index in [1.165, 1.54) is 4.31 Å². The number of nitrogens with zero attached hydrogens (tertiary/aromatic N) is 2. The molecule has 0 aliphatic heterocycles. The van der Waals surface area contributed by atoms with Crippen LogP contribution in [0.4, 0.5) is 0 Å². The second-order valence-electron chi connectivity index (χ2n) is 7.22. The quantitative estimate of drug-likeness (QED) is 0.271. The van der Waals surface area contributed by atoms with Crippen molar-refractivity contribution in [3.05, 3.63) is 53.6 Å². The Morgan fingerprint density at radius 3 is 2.19 bits per heavy atom. The predicted molar refractivity (Wildman–Crippen MR) is 139 cm³/mol. The molecular formula is C22H33IN4O4S. The van der Waals surface area contributed by atoms with Gasteiger partial charge in [-0.2, -0.15) is 4.31 Å². The van der Waals surface area contributed by atoms with Crippen molar-refractivity contribution in [1.82, 2.24) is 14.9 Å². The average Bonchev–Trinajstić information content (AvgIpc) is 2.78. The molecule has 32 heavy (non-hydrogen) atoms. The fourth-order valence-electron chi connectivity index (χ4n) is 2.81. The van der Waals surface area contributed by atoms with Crippen molar-refractivity contribution in [3.63, 3.8) is 0 Å². The van der Waals surface area contributed by atoms with Crippen LogP contribution in [0.25, 0.3) is 0 Å². The van der Waals surface area contributed by atoms with Crippen molar-refractivity contribution in [2.75, 3.05) is 28.3 Å². The molecule has 10 heteroatoms. The first-order valence-corrected chi connectivity index (χ1v) is 11.4. The highest BCUT2D eigenvalue weighted by molar-refractivity contribution is 14.0. The minimum atomic E-state index is -3.49. The summed E-state index contributed by atoms with van der Waals surface area (Å²) in [5.74, 6) is 2.08. The predicted octanol–water partition coefficient (Wildman–Crippen LogP) is 3.22. The third kappa shape index (κ3) is 7.24. The number of halogens is 1. The number of aliphatic imine (C=N–C) groups is 1. The summed E-state index contributed by atoms with van der Waals surface area (Å²) in [6.45, 7) is 4.71. The van der Waals surface area contributed by atoms with Crippen molar-refractivity contribution < 1.29 is 17.9 Å². The molecule has 8 nitrogen and oxygen atoms in total. The molecule has 2 rings (SSSR count). The average molecular weight is 577 g/mol. The zero-order valence-electron chi connectivity index (χ0n) is 19.4. The maximum atomic E-state index is 12.6. The molecule has 0 saturated carbocycles. The first kappa shape index (κ1) is 28.0. The van der Waals surface area contributed by atoms with Crippen LogP contribution in [0, 0.1) is 0 Å². The van der Waals surface area contributed by atoms with Crippen LogP contribution < -0.4 is 20.1 Å². The van der Waals surface area contributed by atoms with Crippen LogP contribution in [0.3, 0.4) is 0 Å². The molecule has 0 fully saturated rings. The van der Waals surface area contributed by atoms with Gasteiger partial charge in [-0.15, -0.1) is 24.0 Å². The minimum Gasteiger partial charge on any atom is -0.497 e. The third-order valence-corrected chi connectivity index (χ3v) is 7.00. The number of ether oxygens (including phenoxy) is 2. The molecule has 0 radical (unpaired) electrons. The fraction of sp³-hybridized carbons (Fsp3) is 0.409. The Balaban J connectivity index is 0.00000512. The number of hydrogen-bond acceptors (Lipinski definition) is 5. The van der Waals surface area contributed by atoms with Crippen LogP contribution in [0.5, 0.6) is 11.5 Å². The first-order valence-electron chi connectivity index (χ1n) is 9.95. The summed E-state index contributed by atoms with van der Waals surface area (Å²) in [4.78, 5) is 4.51. The van der Waals surface area contributed by atoms with Crippen LogP contribution in [-0.2, 0) is 23.1 Å². The van der Waals surface area contributed by atoms with Crippen molar-refractivity contribution in [2.24, 2.45) is 4.99 Å². The third-order valence-electron chi connectivity index (χ3n) is 4.95. The molecule has 0 unspecified atom stereocenters. The van der Waals surface area contributed by atoms with Crippen LogP contribution in [-0.4, -0.2) is 53.0 Å². The Kier molecular flexibility index (Phi) is 11.2. The summed E-state index contributed by atoms with van der Waals surface area (Å²) in [5.41, 5.74) is 1.91. The Morgan fingerprint density at radius 1 is 1.03 bits per heavy atom. The Labute approximate surface area is 208 Å². The van der Waals surface area contributed by atoms with Crippen molar-refractivity contribution in [3.8, 4) is 11.5 Å². The number of benzene rings is 2. The zero-order chi connectivity index (χ0) is 23.0. The lowest BCUT2D eigenvalue weighted by Gasteiger charge is -2.21. The molecule has 0 spiro atoms. The molecule has 2 N–H and O–H groups in total. The molecular weight excluding hydrogens is 543 g/mol. The Bertz CT molecular complexity index is 995. The summed E-state index contributed by atoms with van der Waals surface area (Å²) < 4.78 is 37.1. The number of guanidine groups is 1. The number of sulfonamides is 1. The highest BCUT2D eigenvalue weighted by Crippen LogP contribution is 2.24. The largest absolute Gasteiger partial charge is 0.497 e. The van der Waals surface area contributed by atoms with Gasteiger partial charge in [-0.1, -0.05) is 12.1 Å². The molecule has 0 amide bonds. The lowest BCUT2D eigenvalue weighted by molar-refractivity contribution is 0.390. The van der Waals surface area contributed by atoms with E-state index in [1.54, 1.807) is 52.6 Å². The van der Waals surface area contributed by atoms with E-state index in [0.29, 0.717) is 19.0 Å². The van der Waals surface area contributed by atoms with Crippen LogP contribution >= 0.6 is 24.0 Å². The molecule has 0 aliphatic rings. The summed E-state index contributed by atoms with van der Waals surface area (Å²) >= 11 is 0. The van der Waals surface area contributed by atoms with Crippen molar-refractivity contribution in [2.45, 2.75) is 37.9 Å². The highest BCUT2D eigenvalue weighted by Gasteiger charge is 2.22. The molecule has 0 heterocycles. The summed E-state index contributed by atoms with van der Waals surface area (Å²) in [5, 5.41) is 6.48. The summed E-state index contributed by atoms with van der Waals surface area (Å²) in [6.07, 6.45) is 0. The number of nitrogens with one attached hydrogen (secondary N) is 2. The number of rotatable bonds is 9. The van der Waals surface area contributed by atoms with E-state index in [2.05, 4.69) is 15.6 Å². The molecule has 0 saturated heterocycles. The van der Waals surface area contributed by atoms with E-state index < -0.39 is 10.0 Å². The summed E-state index contributed by atoms with van der Waals surface area (Å²) in [6, 6.07) is 12.4. The maximum Gasteiger partial charge on any atom is 0.243 e. The van der Waals surface area contributed by atoms with E-state index in [-0.39, 0.29) is 34.9 Å². The van der Waals surface area contributed by atoms with Crippen LogP contribution in [0.2, 0.25) is 0 Å². The number of hydrogen-bond donors (Lipinski definition) is 2. The molecule has 0 aromatic heterocycles. The smallest absolute Gasteiger partial charge is 0.243 e. The monoisotopic (exact) mass is 576 g/mol. The second kappa shape index (κ2) is 12.9. The molecule has 2 aromatic carbocycles.